The van der Waals surface area contributed by atoms with Crippen LogP contribution in [0.15, 0.2) is 28.9 Å². The summed E-state index contributed by atoms with van der Waals surface area (Å²) in [5.41, 5.74) is 5.06. The van der Waals surface area contributed by atoms with Crippen molar-refractivity contribution in [2.75, 3.05) is 37.6 Å². The zero-order chi connectivity index (χ0) is 15.6. The predicted octanol–water partition coefficient (Wildman–Crippen LogP) is 1.62. The van der Waals surface area contributed by atoms with Crippen LogP contribution in [0.3, 0.4) is 0 Å². The number of rotatable bonds is 4. The number of hydrogen-bond acceptors (Lipinski definition) is 6. The molecule has 1 fully saturated rings. The standard InChI is InChI=1S/C16H20N6O/c1-12-11-13(18-17-12)5-6-21-7-9-22(10-8-21)15-4-2-3-14-16(15)20-23-19-14/h2-4,11H,5-10H2,1H3,(H,17,18). The molecule has 3 heterocycles. The molecule has 0 atom stereocenters. The molecule has 0 spiro atoms. The minimum Gasteiger partial charge on any atom is -0.367 e. The largest absolute Gasteiger partial charge is 0.367 e. The van der Waals surface area contributed by atoms with Gasteiger partial charge in [-0.3, -0.25) is 10.00 Å². The zero-order valence-corrected chi connectivity index (χ0v) is 13.2. The molecular weight excluding hydrogens is 292 g/mol. The van der Waals surface area contributed by atoms with Crippen molar-refractivity contribution < 1.29 is 4.63 Å². The number of anilines is 1. The third kappa shape index (κ3) is 2.92. The molecule has 0 amide bonds. The second-order valence-electron chi connectivity index (χ2n) is 6.03. The minimum absolute atomic E-state index is 0.818. The van der Waals surface area contributed by atoms with E-state index < -0.39 is 0 Å². The molecule has 0 aliphatic carbocycles. The topological polar surface area (TPSA) is 74.1 Å². The van der Waals surface area contributed by atoms with Crippen LogP contribution in [-0.2, 0) is 6.42 Å². The van der Waals surface area contributed by atoms with Crippen LogP contribution in [0.2, 0.25) is 0 Å². The average Bonchev–Trinajstić information content (AvgIpc) is 3.22. The van der Waals surface area contributed by atoms with E-state index in [9.17, 15) is 0 Å². The first-order valence-electron chi connectivity index (χ1n) is 7.99. The minimum atomic E-state index is 0.818. The summed E-state index contributed by atoms with van der Waals surface area (Å²) in [5, 5.41) is 15.3. The Balaban J connectivity index is 1.36. The maximum absolute atomic E-state index is 4.86. The Morgan fingerprint density at radius 2 is 2.04 bits per heavy atom. The highest BCUT2D eigenvalue weighted by molar-refractivity contribution is 5.87. The summed E-state index contributed by atoms with van der Waals surface area (Å²) >= 11 is 0. The van der Waals surface area contributed by atoms with Gasteiger partial charge in [0.15, 0.2) is 5.52 Å². The SMILES string of the molecule is Cc1cc(CCN2CCN(c3cccc4nonc34)CC2)n[nH]1. The maximum atomic E-state index is 4.86. The molecule has 2 aromatic heterocycles. The Morgan fingerprint density at radius 1 is 1.17 bits per heavy atom. The van der Waals surface area contributed by atoms with Crippen molar-refractivity contribution in [3.63, 3.8) is 0 Å². The van der Waals surface area contributed by atoms with Crippen molar-refractivity contribution >= 4 is 16.7 Å². The van der Waals surface area contributed by atoms with Crippen molar-refractivity contribution in [1.82, 2.24) is 25.4 Å². The molecule has 1 N–H and O–H groups in total. The van der Waals surface area contributed by atoms with Gasteiger partial charge in [0.05, 0.1) is 11.4 Å². The molecule has 120 valence electrons. The fourth-order valence-corrected chi connectivity index (χ4v) is 3.13. The summed E-state index contributed by atoms with van der Waals surface area (Å²) in [7, 11) is 0. The molecule has 1 aliphatic rings. The molecular formula is C16H20N6O. The number of aromatic nitrogens is 4. The lowest BCUT2D eigenvalue weighted by molar-refractivity contribution is 0.260. The molecule has 1 aromatic carbocycles. The van der Waals surface area contributed by atoms with Gasteiger partial charge in [0.1, 0.15) is 5.52 Å². The number of H-pyrrole nitrogens is 1. The highest BCUT2D eigenvalue weighted by atomic mass is 16.6. The number of aryl methyl sites for hydroxylation is 1. The smallest absolute Gasteiger partial charge is 0.158 e. The van der Waals surface area contributed by atoms with Gasteiger partial charge in [0, 0.05) is 44.8 Å². The molecule has 0 bridgehead atoms. The zero-order valence-electron chi connectivity index (χ0n) is 13.2. The molecule has 3 aromatic rings. The first-order chi connectivity index (χ1) is 11.3. The normalized spacial score (nSPS) is 16.3. The van der Waals surface area contributed by atoms with Crippen LogP contribution < -0.4 is 4.90 Å². The van der Waals surface area contributed by atoms with Crippen LogP contribution in [-0.4, -0.2) is 58.1 Å². The Morgan fingerprint density at radius 3 is 2.83 bits per heavy atom. The third-order valence-electron chi connectivity index (χ3n) is 4.42. The average molecular weight is 312 g/mol. The molecule has 7 heteroatoms. The van der Waals surface area contributed by atoms with E-state index in [2.05, 4.69) is 42.4 Å². The lowest BCUT2D eigenvalue weighted by Crippen LogP contribution is -2.47. The van der Waals surface area contributed by atoms with Gasteiger partial charge in [-0.05, 0) is 35.4 Å². The van der Waals surface area contributed by atoms with Crippen LogP contribution in [0.1, 0.15) is 11.4 Å². The van der Waals surface area contributed by atoms with Crippen LogP contribution >= 0.6 is 0 Å². The van der Waals surface area contributed by atoms with Crippen molar-refractivity contribution in [3.05, 3.63) is 35.7 Å². The lowest BCUT2D eigenvalue weighted by Gasteiger charge is -2.35. The van der Waals surface area contributed by atoms with Crippen molar-refractivity contribution in [1.29, 1.82) is 0 Å². The molecule has 1 aliphatic heterocycles. The number of nitrogens with zero attached hydrogens (tertiary/aromatic N) is 5. The van der Waals surface area contributed by atoms with Crippen molar-refractivity contribution in [3.8, 4) is 0 Å². The van der Waals surface area contributed by atoms with Crippen LogP contribution in [0.4, 0.5) is 5.69 Å². The summed E-state index contributed by atoms with van der Waals surface area (Å²) in [4.78, 5) is 4.85. The number of benzene rings is 1. The van der Waals surface area contributed by atoms with Crippen LogP contribution in [0, 0.1) is 6.92 Å². The van der Waals surface area contributed by atoms with Gasteiger partial charge >= 0.3 is 0 Å². The quantitative estimate of drug-likeness (QED) is 0.789. The lowest BCUT2D eigenvalue weighted by atomic mass is 10.2. The highest BCUT2D eigenvalue weighted by Gasteiger charge is 2.20. The molecule has 0 unspecified atom stereocenters. The van der Waals surface area contributed by atoms with Crippen LogP contribution in [0.5, 0.6) is 0 Å². The summed E-state index contributed by atoms with van der Waals surface area (Å²) in [6, 6.07) is 8.15. The van der Waals surface area contributed by atoms with E-state index in [-0.39, 0.29) is 0 Å². The monoisotopic (exact) mass is 312 g/mol. The van der Waals surface area contributed by atoms with Gasteiger partial charge in [-0.15, -0.1) is 0 Å². The highest BCUT2D eigenvalue weighted by Crippen LogP contribution is 2.25. The number of nitrogens with one attached hydrogen (secondary N) is 1. The van der Waals surface area contributed by atoms with E-state index in [0.29, 0.717) is 0 Å². The van der Waals surface area contributed by atoms with Gasteiger partial charge in [0.25, 0.3) is 0 Å². The number of hydrogen-bond donors (Lipinski definition) is 1. The third-order valence-corrected chi connectivity index (χ3v) is 4.42. The molecule has 4 rings (SSSR count). The van der Waals surface area contributed by atoms with Gasteiger partial charge in [-0.25, -0.2) is 4.63 Å². The Bertz CT molecular complexity index is 787. The molecule has 0 saturated carbocycles. The second-order valence-corrected chi connectivity index (χ2v) is 6.03. The van der Waals surface area contributed by atoms with E-state index >= 15 is 0 Å². The fraction of sp³-hybridized carbons (Fsp3) is 0.438. The van der Waals surface area contributed by atoms with Crippen molar-refractivity contribution in [2.24, 2.45) is 0 Å². The fourth-order valence-electron chi connectivity index (χ4n) is 3.13. The van der Waals surface area contributed by atoms with E-state index in [4.69, 9.17) is 4.63 Å². The first-order valence-corrected chi connectivity index (χ1v) is 7.99. The Hall–Kier alpha value is -2.41. The number of fused-ring (bicyclic) bond motifs is 1. The van der Waals surface area contributed by atoms with Gasteiger partial charge in [-0.2, -0.15) is 5.10 Å². The van der Waals surface area contributed by atoms with Crippen LogP contribution in [0.25, 0.3) is 11.0 Å². The van der Waals surface area contributed by atoms with Gasteiger partial charge < -0.3 is 4.90 Å². The maximum Gasteiger partial charge on any atom is 0.158 e. The summed E-state index contributed by atoms with van der Waals surface area (Å²) in [5.74, 6) is 0. The van der Waals surface area contributed by atoms with E-state index in [0.717, 1.165) is 67.3 Å². The summed E-state index contributed by atoms with van der Waals surface area (Å²) in [6.45, 7) is 7.16. The Kier molecular flexibility index (Phi) is 3.70. The summed E-state index contributed by atoms with van der Waals surface area (Å²) in [6.07, 6.45) is 0.993. The molecule has 1 saturated heterocycles. The van der Waals surface area contributed by atoms with E-state index in [1.165, 1.54) is 0 Å². The number of aromatic amines is 1. The predicted molar refractivity (Wildman–Crippen MR) is 87.5 cm³/mol. The first kappa shape index (κ1) is 14.2. The van der Waals surface area contributed by atoms with Gasteiger partial charge in [-0.1, -0.05) is 6.07 Å². The van der Waals surface area contributed by atoms with Gasteiger partial charge in [0.2, 0.25) is 0 Å². The summed E-state index contributed by atoms with van der Waals surface area (Å²) < 4.78 is 4.86. The second kappa shape index (κ2) is 6.00. The van der Waals surface area contributed by atoms with E-state index in [1.54, 1.807) is 0 Å². The molecule has 7 nitrogen and oxygen atoms in total. The van der Waals surface area contributed by atoms with E-state index in [1.807, 2.05) is 19.1 Å². The molecule has 0 radical (unpaired) electrons. The number of piperazine rings is 1. The molecule has 23 heavy (non-hydrogen) atoms. The van der Waals surface area contributed by atoms with Crippen molar-refractivity contribution in [2.45, 2.75) is 13.3 Å². The Labute approximate surface area is 134 Å².